The van der Waals surface area contributed by atoms with Crippen molar-refractivity contribution in [3.8, 4) is 0 Å². The number of hydrogen-bond donors (Lipinski definition) is 3. The molecule has 0 radical (unpaired) electrons. The van der Waals surface area contributed by atoms with Gasteiger partial charge in [-0.05, 0) is 19.3 Å². The van der Waals surface area contributed by atoms with Gasteiger partial charge in [0.1, 0.15) is 0 Å². The molecular weight excluding hydrogens is 270 g/mol. The second kappa shape index (κ2) is 6.67. The molecule has 0 aliphatic heterocycles. The molecule has 19 heavy (non-hydrogen) atoms. The first-order valence-corrected chi connectivity index (χ1v) is 8.31. The molecule has 0 heterocycles. The summed E-state index contributed by atoms with van der Waals surface area (Å²) in [5.41, 5.74) is -2.07. The lowest BCUT2D eigenvalue weighted by atomic mass is 9.88. The molecule has 0 spiro atoms. The largest absolute Gasteiger partial charge is 0.479 e. The van der Waals surface area contributed by atoms with Crippen LogP contribution in [0.1, 0.15) is 45.4 Å². The highest BCUT2D eigenvalue weighted by atomic mass is 32.2. The van der Waals surface area contributed by atoms with Gasteiger partial charge >= 0.3 is 5.97 Å². The molecule has 7 heteroatoms. The van der Waals surface area contributed by atoms with Crippen molar-refractivity contribution >= 4 is 16.0 Å². The summed E-state index contributed by atoms with van der Waals surface area (Å²) in [4.78, 5) is 10.7. The number of nitrogens with one attached hydrogen (secondary N) is 1. The SMILES string of the molecule is CC(O)(CNS(=O)(=O)CCC1CCCCC1)C(=O)O. The van der Waals surface area contributed by atoms with Gasteiger partial charge in [0, 0.05) is 6.54 Å². The van der Waals surface area contributed by atoms with Crippen LogP contribution >= 0.6 is 0 Å². The molecule has 1 unspecified atom stereocenters. The van der Waals surface area contributed by atoms with E-state index >= 15 is 0 Å². The van der Waals surface area contributed by atoms with Crippen LogP contribution in [0.15, 0.2) is 0 Å². The average molecular weight is 293 g/mol. The quantitative estimate of drug-likeness (QED) is 0.641. The van der Waals surface area contributed by atoms with Crippen LogP contribution in [0.5, 0.6) is 0 Å². The predicted molar refractivity (Wildman–Crippen MR) is 71.2 cm³/mol. The van der Waals surface area contributed by atoms with Crippen molar-refractivity contribution in [2.75, 3.05) is 12.3 Å². The van der Waals surface area contributed by atoms with E-state index in [1.54, 1.807) is 0 Å². The lowest BCUT2D eigenvalue weighted by molar-refractivity contribution is -0.155. The molecule has 6 nitrogen and oxygen atoms in total. The Morgan fingerprint density at radius 1 is 1.32 bits per heavy atom. The lowest BCUT2D eigenvalue weighted by Crippen LogP contribution is -2.47. The minimum absolute atomic E-state index is 0.00658. The first-order chi connectivity index (χ1) is 8.73. The van der Waals surface area contributed by atoms with Crippen molar-refractivity contribution in [2.45, 2.75) is 51.0 Å². The molecule has 0 amide bonds. The van der Waals surface area contributed by atoms with E-state index < -0.39 is 28.1 Å². The van der Waals surface area contributed by atoms with Crippen LogP contribution in [-0.4, -0.2) is 42.5 Å². The van der Waals surface area contributed by atoms with Crippen LogP contribution in [0, 0.1) is 5.92 Å². The van der Waals surface area contributed by atoms with E-state index in [9.17, 15) is 18.3 Å². The minimum atomic E-state index is -3.52. The Kier molecular flexibility index (Phi) is 5.76. The second-order valence-corrected chi connectivity index (χ2v) is 7.44. The van der Waals surface area contributed by atoms with E-state index in [-0.39, 0.29) is 5.75 Å². The van der Waals surface area contributed by atoms with Crippen LogP contribution in [0.3, 0.4) is 0 Å². The molecule has 0 aromatic rings. The van der Waals surface area contributed by atoms with E-state index in [4.69, 9.17) is 5.11 Å². The van der Waals surface area contributed by atoms with Crippen LogP contribution in [0.4, 0.5) is 0 Å². The van der Waals surface area contributed by atoms with Gasteiger partial charge in [-0.15, -0.1) is 0 Å². The number of aliphatic hydroxyl groups is 1. The van der Waals surface area contributed by atoms with Gasteiger partial charge in [0.25, 0.3) is 0 Å². The maximum atomic E-state index is 11.7. The van der Waals surface area contributed by atoms with Gasteiger partial charge in [-0.1, -0.05) is 32.1 Å². The third kappa shape index (κ3) is 5.88. The molecule has 0 aromatic carbocycles. The minimum Gasteiger partial charge on any atom is -0.479 e. The van der Waals surface area contributed by atoms with Gasteiger partial charge in [0.15, 0.2) is 5.60 Å². The average Bonchev–Trinajstić information content (AvgIpc) is 2.36. The van der Waals surface area contributed by atoms with Crippen molar-refractivity contribution in [2.24, 2.45) is 5.92 Å². The Morgan fingerprint density at radius 3 is 2.42 bits per heavy atom. The van der Waals surface area contributed by atoms with E-state index in [0.29, 0.717) is 12.3 Å². The summed E-state index contributed by atoms with van der Waals surface area (Å²) in [6.07, 6.45) is 6.29. The van der Waals surface area contributed by atoms with Crippen LogP contribution in [0.2, 0.25) is 0 Å². The second-order valence-electron chi connectivity index (χ2n) is 5.51. The summed E-state index contributed by atoms with van der Waals surface area (Å²) in [7, 11) is -3.52. The number of rotatable bonds is 7. The Labute approximate surface area is 114 Å². The highest BCUT2D eigenvalue weighted by Crippen LogP contribution is 2.26. The molecule has 1 aliphatic rings. The standard InChI is InChI=1S/C12H23NO5S/c1-12(16,11(14)15)9-13-19(17,18)8-7-10-5-3-2-4-6-10/h10,13,16H,2-9H2,1H3,(H,14,15). The number of carboxylic acid groups (broad SMARTS) is 1. The summed E-state index contributed by atoms with van der Waals surface area (Å²) in [5, 5.41) is 18.1. The van der Waals surface area contributed by atoms with Crippen molar-refractivity contribution in [1.82, 2.24) is 4.72 Å². The van der Waals surface area contributed by atoms with E-state index in [2.05, 4.69) is 4.72 Å². The number of carboxylic acids is 1. The van der Waals surface area contributed by atoms with Crippen LogP contribution in [0.25, 0.3) is 0 Å². The zero-order valence-electron chi connectivity index (χ0n) is 11.3. The monoisotopic (exact) mass is 293 g/mol. The highest BCUT2D eigenvalue weighted by molar-refractivity contribution is 7.89. The van der Waals surface area contributed by atoms with Gasteiger partial charge in [-0.25, -0.2) is 17.9 Å². The van der Waals surface area contributed by atoms with Crippen molar-refractivity contribution in [1.29, 1.82) is 0 Å². The zero-order valence-corrected chi connectivity index (χ0v) is 12.1. The topological polar surface area (TPSA) is 104 Å². The summed E-state index contributed by atoms with van der Waals surface area (Å²) in [5.74, 6) is -0.999. The third-order valence-electron chi connectivity index (χ3n) is 3.62. The van der Waals surface area contributed by atoms with Gasteiger partial charge in [0.2, 0.25) is 10.0 Å². The molecular formula is C12H23NO5S. The van der Waals surface area contributed by atoms with E-state index in [1.165, 1.54) is 6.42 Å². The molecule has 0 aromatic heterocycles. The molecule has 0 bridgehead atoms. The summed E-state index contributed by atoms with van der Waals surface area (Å²) >= 11 is 0. The fraction of sp³-hybridized carbons (Fsp3) is 0.917. The fourth-order valence-corrected chi connectivity index (χ4v) is 3.48. The van der Waals surface area contributed by atoms with Crippen molar-refractivity contribution < 1.29 is 23.4 Å². The van der Waals surface area contributed by atoms with Crippen molar-refractivity contribution in [3.63, 3.8) is 0 Å². The van der Waals surface area contributed by atoms with E-state index in [0.717, 1.165) is 32.6 Å². The van der Waals surface area contributed by atoms with Gasteiger partial charge < -0.3 is 10.2 Å². The number of sulfonamides is 1. The highest BCUT2D eigenvalue weighted by Gasteiger charge is 2.31. The summed E-state index contributed by atoms with van der Waals surface area (Å²) < 4.78 is 25.6. The van der Waals surface area contributed by atoms with Crippen LogP contribution < -0.4 is 4.72 Å². The van der Waals surface area contributed by atoms with Gasteiger partial charge in [-0.3, -0.25) is 0 Å². The zero-order chi connectivity index (χ0) is 14.5. The molecule has 1 rings (SSSR count). The molecule has 1 fully saturated rings. The van der Waals surface area contributed by atoms with E-state index in [1.807, 2.05) is 0 Å². The fourth-order valence-electron chi connectivity index (χ4n) is 2.20. The predicted octanol–water partition coefficient (Wildman–Crippen LogP) is 0.712. The Morgan fingerprint density at radius 2 is 1.89 bits per heavy atom. The Bertz CT molecular complexity index is 398. The van der Waals surface area contributed by atoms with Gasteiger partial charge in [0.05, 0.1) is 5.75 Å². The Hall–Kier alpha value is -0.660. The first-order valence-electron chi connectivity index (χ1n) is 6.66. The number of aliphatic carboxylic acids is 1. The molecule has 112 valence electrons. The molecule has 1 saturated carbocycles. The number of hydrogen-bond acceptors (Lipinski definition) is 4. The molecule has 3 N–H and O–H groups in total. The lowest BCUT2D eigenvalue weighted by Gasteiger charge is -2.22. The normalized spacial score (nSPS) is 20.9. The first kappa shape index (κ1) is 16.4. The number of carbonyl (C=O) groups is 1. The Balaban J connectivity index is 2.37. The van der Waals surface area contributed by atoms with Gasteiger partial charge in [-0.2, -0.15) is 0 Å². The maximum absolute atomic E-state index is 11.7. The smallest absolute Gasteiger partial charge is 0.336 e. The molecule has 0 saturated heterocycles. The summed E-state index contributed by atoms with van der Waals surface area (Å²) in [6, 6.07) is 0. The summed E-state index contributed by atoms with van der Waals surface area (Å²) in [6.45, 7) is 0.564. The molecule has 1 aliphatic carbocycles. The maximum Gasteiger partial charge on any atom is 0.336 e. The van der Waals surface area contributed by atoms with Crippen molar-refractivity contribution in [3.05, 3.63) is 0 Å². The molecule has 1 atom stereocenters. The third-order valence-corrected chi connectivity index (χ3v) is 4.97. The van der Waals surface area contributed by atoms with Crippen LogP contribution in [-0.2, 0) is 14.8 Å².